The molecule has 1 aliphatic heterocycles. The summed E-state index contributed by atoms with van der Waals surface area (Å²) in [5, 5.41) is 17.2. The van der Waals surface area contributed by atoms with Gasteiger partial charge in [0.05, 0.1) is 18.2 Å². The molecule has 5 heteroatoms. The molecule has 1 aromatic heterocycles. The summed E-state index contributed by atoms with van der Waals surface area (Å²) in [5.74, 6) is 0.318. The van der Waals surface area contributed by atoms with Crippen molar-refractivity contribution >= 4 is 23.1 Å². The van der Waals surface area contributed by atoms with Crippen LogP contribution in [0.1, 0.15) is 30.4 Å². The van der Waals surface area contributed by atoms with Gasteiger partial charge in [0.15, 0.2) is 5.82 Å². The number of H-pyrrole nitrogens is 1. The number of aliphatic imine (C=N–C) groups is 1. The van der Waals surface area contributed by atoms with Crippen molar-refractivity contribution in [2.24, 2.45) is 10.9 Å². The molecule has 2 aromatic rings. The van der Waals surface area contributed by atoms with Gasteiger partial charge >= 0.3 is 0 Å². The summed E-state index contributed by atoms with van der Waals surface area (Å²) in [7, 11) is 0. The Morgan fingerprint density at radius 2 is 2.15 bits per heavy atom. The Hall–Kier alpha value is -2.12. The van der Waals surface area contributed by atoms with Crippen molar-refractivity contribution in [3.63, 3.8) is 0 Å². The van der Waals surface area contributed by atoms with E-state index in [1.54, 1.807) is 6.20 Å². The minimum Gasteiger partial charge on any atom is -0.261 e. The average Bonchev–Trinajstić information content (AvgIpc) is 2.94. The zero-order valence-electron chi connectivity index (χ0n) is 11.0. The van der Waals surface area contributed by atoms with E-state index < -0.39 is 0 Å². The zero-order valence-corrected chi connectivity index (χ0v) is 11.7. The SMILES string of the molecule is CCC1=Nc2[nH]ncc2C(c2ccccc2Cl)C1C#N. The van der Waals surface area contributed by atoms with Crippen LogP contribution in [-0.2, 0) is 0 Å². The monoisotopic (exact) mass is 284 g/mol. The fourth-order valence-corrected chi connectivity index (χ4v) is 2.97. The summed E-state index contributed by atoms with van der Waals surface area (Å²) < 4.78 is 0. The molecule has 0 saturated heterocycles. The van der Waals surface area contributed by atoms with Crippen molar-refractivity contribution in [3.05, 3.63) is 46.6 Å². The molecule has 3 rings (SSSR count). The van der Waals surface area contributed by atoms with Gasteiger partial charge in [0.2, 0.25) is 0 Å². The van der Waals surface area contributed by atoms with Crippen LogP contribution in [0, 0.1) is 17.2 Å². The molecule has 1 aromatic carbocycles. The summed E-state index contributed by atoms with van der Waals surface area (Å²) in [6.45, 7) is 2.01. The number of aromatic amines is 1. The lowest BCUT2D eigenvalue weighted by Crippen LogP contribution is -2.24. The number of benzene rings is 1. The predicted molar refractivity (Wildman–Crippen MR) is 78.4 cm³/mol. The molecule has 4 nitrogen and oxygen atoms in total. The minimum absolute atomic E-state index is 0.116. The van der Waals surface area contributed by atoms with Crippen LogP contribution in [0.4, 0.5) is 5.82 Å². The van der Waals surface area contributed by atoms with Crippen molar-refractivity contribution in [3.8, 4) is 6.07 Å². The number of hydrogen-bond donors (Lipinski definition) is 1. The molecular weight excluding hydrogens is 272 g/mol. The summed E-state index contributed by atoms with van der Waals surface area (Å²) in [6, 6.07) is 10.0. The molecular formula is C15H13ClN4. The Kier molecular flexibility index (Phi) is 3.29. The first-order chi connectivity index (χ1) is 9.76. The van der Waals surface area contributed by atoms with Gasteiger partial charge in [-0.3, -0.25) is 5.10 Å². The first-order valence-corrected chi connectivity index (χ1v) is 6.88. The average molecular weight is 285 g/mol. The van der Waals surface area contributed by atoms with E-state index in [-0.39, 0.29) is 11.8 Å². The highest BCUT2D eigenvalue weighted by molar-refractivity contribution is 6.31. The number of fused-ring (bicyclic) bond motifs is 1. The van der Waals surface area contributed by atoms with Crippen LogP contribution in [0.15, 0.2) is 35.5 Å². The number of hydrogen-bond acceptors (Lipinski definition) is 3. The first kappa shape index (κ1) is 12.9. The van der Waals surface area contributed by atoms with Crippen LogP contribution in [0.25, 0.3) is 0 Å². The lowest BCUT2D eigenvalue weighted by atomic mass is 9.77. The molecule has 100 valence electrons. The van der Waals surface area contributed by atoms with Gasteiger partial charge < -0.3 is 0 Å². The number of rotatable bonds is 2. The smallest absolute Gasteiger partial charge is 0.151 e. The second kappa shape index (κ2) is 5.10. The molecule has 0 spiro atoms. The molecule has 2 atom stereocenters. The van der Waals surface area contributed by atoms with Crippen molar-refractivity contribution in [2.75, 3.05) is 0 Å². The quantitative estimate of drug-likeness (QED) is 0.911. The third-order valence-electron chi connectivity index (χ3n) is 3.67. The van der Waals surface area contributed by atoms with Crippen LogP contribution in [0.5, 0.6) is 0 Å². The van der Waals surface area contributed by atoms with Gasteiger partial charge in [-0.05, 0) is 18.1 Å². The molecule has 20 heavy (non-hydrogen) atoms. The first-order valence-electron chi connectivity index (χ1n) is 6.51. The Morgan fingerprint density at radius 3 is 2.85 bits per heavy atom. The van der Waals surface area contributed by atoms with Gasteiger partial charge in [-0.1, -0.05) is 36.7 Å². The van der Waals surface area contributed by atoms with Crippen molar-refractivity contribution in [1.29, 1.82) is 5.26 Å². The van der Waals surface area contributed by atoms with Gasteiger partial charge in [0.1, 0.15) is 0 Å². The molecule has 0 amide bonds. The lowest BCUT2D eigenvalue weighted by Gasteiger charge is -2.27. The summed E-state index contributed by atoms with van der Waals surface area (Å²) in [4.78, 5) is 4.51. The van der Waals surface area contributed by atoms with Gasteiger partial charge in [0.25, 0.3) is 0 Å². The van der Waals surface area contributed by atoms with Crippen LogP contribution in [-0.4, -0.2) is 15.9 Å². The summed E-state index contributed by atoms with van der Waals surface area (Å²) >= 11 is 6.32. The molecule has 1 aliphatic rings. The normalized spacial score (nSPS) is 20.9. The number of nitrogens with zero attached hydrogens (tertiary/aromatic N) is 3. The van der Waals surface area contributed by atoms with E-state index in [4.69, 9.17) is 11.6 Å². The minimum atomic E-state index is -0.301. The number of aromatic nitrogens is 2. The zero-order chi connectivity index (χ0) is 14.1. The van der Waals surface area contributed by atoms with E-state index in [9.17, 15) is 5.26 Å². The third-order valence-corrected chi connectivity index (χ3v) is 4.02. The highest BCUT2D eigenvalue weighted by Gasteiger charge is 2.35. The molecule has 0 saturated carbocycles. The molecule has 0 aliphatic carbocycles. The fourth-order valence-electron chi connectivity index (χ4n) is 2.71. The highest BCUT2D eigenvalue weighted by atomic mass is 35.5. The van der Waals surface area contributed by atoms with Crippen LogP contribution < -0.4 is 0 Å². The van der Waals surface area contributed by atoms with E-state index >= 15 is 0 Å². The Labute approximate surface area is 122 Å². The molecule has 0 bridgehead atoms. The maximum absolute atomic E-state index is 9.57. The second-order valence-electron chi connectivity index (χ2n) is 4.74. The lowest BCUT2D eigenvalue weighted by molar-refractivity contribution is 0.707. The van der Waals surface area contributed by atoms with E-state index in [0.717, 1.165) is 29.1 Å². The predicted octanol–water partition coefficient (Wildman–Crippen LogP) is 3.83. The summed E-state index contributed by atoms with van der Waals surface area (Å²) in [5.41, 5.74) is 2.75. The van der Waals surface area contributed by atoms with Crippen LogP contribution in [0.3, 0.4) is 0 Å². The number of halogens is 1. The van der Waals surface area contributed by atoms with Crippen molar-refractivity contribution in [1.82, 2.24) is 10.2 Å². The highest BCUT2D eigenvalue weighted by Crippen LogP contribution is 2.43. The van der Waals surface area contributed by atoms with Gasteiger partial charge in [0, 0.05) is 22.2 Å². The molecule has 2 unspecified atom stereocenters. The maximum atomic E-state index is 9.57. The summed E-state index contributed by atoms with van der Waals surface area (Å²) in [6.07, 6.45) is 2.47. The molecule has 0 fully saturated rings. The van der Waals surface area contributed by atoms with Crippen molar-refractivity contribution in [2.45, 2.75) is 19.3 Å². The van der Waals surface area contributed by atoms with Crippen LogP contribution >= 0.6 is 11.6 Å². The fraction of sp³-hybridized carbons (Fsp3) is 0.267. The number of nitriles is 1. The Bertz CT molecular complexity index is 711. The van der Waals surface area contributed by atoms with Crippen LogP contribution in [0.2, 0.25) is 5.02 Å². The van der Waals surface area contributed by atoms with E-state index in [1.807, 2.05) is 31.2 Å². The molecule has 2 heterocycles. The largest absolute Gasteiger partial charge is 0.261 e. The van der Waals surface area contributed by atoms with Crippen molar-refractivity contribution < 1.29 is 0 Å². The standard InChI is InChI=1S/C15H13ClN4/c1-2-13-10(7-17)14(9-5-3-4-6-12(9)16)11-8-18-20-15(11)19-13/h3-6,8,10,14H,2H2,1H3,(H,18,20). The van der Waals surface area contributed by atoms with Gasteiger partial charge in [-0.25, -0.2) is 4.99 Å². The second-order valence-corrected chi connectivity index (χ2v) is 5.14. The topological polar surface area (TPSA) is 64.8 Å². The van der Waals surface area contributed by atoms with E-state index in [2.05, 4.69) is 21.3 Å². The van der Waals surface area contributed by atoms with E-state index in [1.165, 1.54) is 0 Å². The Morgan fingerprint density at radius 1 is 1.35 bits per heavy atom. The maximum Gasteiger partial charge on any atom is 0.151 e. The molecule has 1 N–H and O–H groups in total. The van der Waals surface area contributed by atoms with E-state index in [0.29, 0.717) is 5.02 Å². The third kappa shape index (κ3) is 1.91. The Balaban J connectivity index is 2.21. The number of nitrogens with one attached hydrogen (secondary N) is 1. The van der Waals surface area contributed by atoms with Gasteiger partial charge in [-0.2, -0.15) is 10.4 Å². The van der Waals surface area contributed by atoms with Gasteiger partial charge in [-0.15, -0.1) is 0 Å². The molecule has 0 radical (unpaired) electrons.